The highest BCUT2D eigenvalue weighted by Crippen LogP contribution is 2.32. The van der Waals surface area contributed by atoms with Crippen LogP contribution in [-0.4, -0.2) is 13.4 Å². The van der Waals surface area contributed by atoms with Crippen molar-refractivity contribution >= 4 is 39.0 Å². The summed E-state index contributed by atoms with van der Waals surface area (Å²) >= 11 is 11.4. The largest absolute Gasteiger partial charge is 0.417 e. The van der Waals surface area contributed by atoms with Gasteiger partial charge in [-0.2, -0.15) is 13.2 Å². The van der Waals surface area contributed by atoms with E-state index in [1.165, 1.54) is 18.2 Å². The van der Waals surface area contributed by atoms with E-state index in [0.29, 0.717) is 12.3 Å². The van der Waals surface area contributed by atoms with Crippen LogP contribution in [0, 0.1) is 0 Å². The molecule has 124 valence electrons. The molecule has 0 radical (unpaired) electrons. The standard InChI is InChI=1S/C12H8Cl2F3N3O2S/c13-8-3-1-2-4-10(8)23(21,22)20-19-11-9(14)5-7(6-18-11)12(15,16)17/h1-6,20H,(H,18,19). The molecule has 1 aromatic carbocycles. The van der Waals surface area contributed by atoms with Crippen LogP contribution in [0.15, 0.2) is 41.4 Å². The van der Waals surface area contributed by atoms with Gasteiger partial charge in [-0.15, -0.1) is 4.83 Å². The summed E-state index contributed by atoms with van der Waals surface area (Å²) < 4.78 is 61.6. The Hall–Kier alpha value is -1.55. The van der Waals surface area contributed by atoms with Gasteiger partial charge in [-0.25, -0.2) is 13.4 Å². The first-order valence-electron chi connectivity index (χ1n) is 5.86. The van der Waals surface area contributed by atoms with Crippen molar-refractivity contribution in [1.29, 1.82) is 0 Å². The molecule has 1 heterocycles. The van der Waals surface area contributed by atoms with Crippen LogP contribution in [0.4, 0.5) is 19.0 Å². The zero-order valence-corrected chi connectivity index (χ0v) is 13.4. The van der Waals surface area contributed by atoms with Crippen LogP contribution in [0.25, 0.3) is 0 Å². The number of rotatable bonds is 4. The van der Waals surface area contributed by atoms with E-state index in [-0.39, 0.29) is 15.7 Å². The first kappa shape index (κ1) is 17.8. The van der Waals surface area contributed by atoms with Gasteiger partial charge in [0.05, 0.1) is 15.6 Å². The highest BCUT2D eigenvalue weighted by atomic mass is 35.5. The van der Waals surface area contributed by atoms with E-state index in [4.69, 9.17) is 23.2 Å². The third-order valence-corrected chi connectivity index (χ3v) is 4.63. The van der Waals surface area contributed by atoms with Crippen molar-refractivity contribution in [1.82, 2.24) is 9.82 Å². The summed E-state index contributed by atoms with van der Waals surface area (Å²) in [6.45, 7) is 0. The molecule has 0 aliphatic carbocycles. The Labute approximate surface area is 139 Å². The molecule has 0 aliphatic heterocycles. The van der Waals surface area contributed by atoms with Crippen LogP contribution in [0.5, 0.6) is 0 Å². The van der Waals surface area contributed by atoms with E-state index in [9.17, 15) is 21.6 Å². The molecule has 0 saturated carbocycles. The molecule has 2 aromatic rings. The predicted octanol–water partition coefficient (Wildman–Crippen LogP) is 3.71. The summed E-state index contributed by atoms with van der Waals surface area (Å²) in [5, 5.41) is -0.421. The number of halogens is 5. The zero-order chi connectivity index (χ0) is 17.3. The van der Waals surface area contributed by atoms with Crippen LogP contribution < -0.4 is 10.3 Å². The monoisotopic (exact) mass is 385 g/mol. The smallest absolute Gasteiger partial charge is 0.291 e. The molecule has 0 atom stereocenters. The zero-order valence-electron chi connectivity index (χ0n) is 11.0. The molecular weight excluding hydrogens is 378 g/mol. The topological polar surface area (TPSA) is 71.1 Å². The lowest BCUT2D eigenvalue weighted by atomic mass is 10.3. The molecule has 2 rings (SSSR count). The Bertz CT molecular complexity index is 829. The van der Waals surface area contributed by atoms with Gasteiger partial charge < -0.3 is 0 Å². The first-order chi connectivity index (χ1) is 10.6. The SMILES string of the molecule is O=S(=O)(NNc1ncc(C(F)(F)F)cc1Cl)c1ccccc1Cl. The van der Waals surface area contributed by atoms with E-state index in [1.54, 1.807) is 6.07 Å². The molecule has 2 N–H and O–H groups in total. The second-order valence-electron chi connectivity index (χ2n) is 4.21. The molecule has 0 amide bonds. The van der Waals surface area contributed by atoms with Crippen molar-refractivity contribution in [2.24, 2.45) is 0 Å². The summed E-state index contributed by atoms with van der Waals surface area (Å²) in [4.78, 5) is 5.17. The highest BCUT2D eigenvalue weighted by Gasteiger charge is 2.31. The van der Waals surface area contributed by atoms with Gasteiger partial charge in [0.15, 0.2) is 5.82 Å². The average molecular weight is 386 g/mol. The van der Waals surface area contributed by atoms with Gasteiger partial charge in [0.2, 0.25) is 0 Å². The number of benzene rings is 1. The number of aromatic nitrogens is 1. The van der Waals surface area contributed by atoms with Gasteiger partial charge in [-0.3, -0.25) is 5.43 Å². The summed E-state index contributed by atoms with van der Waals surface area (Å²) in [6.07, 6.45) is -4.08. The van der Waals surface area contributed by atoms with Crippen LogP contribution >= 0.6 is 23.2 Å². The van der Waals surface area contributed by atoms with E-state index < -0.39 is 26.8 Å². The van der Waals surface area contributed by atoms with Crippen molar-refractivity contribution in [2.75, 3.05) is 5.43 Å². The number of pyridine rings is 1. The number of hydrogen-bond donors (Lipinski definition) is 2. The van der Waals surface area contributed by atoms with Crippen LogP contribution in [-0.2, 0) is 16.2 Å². The number of anilines is 1. The molecule has 1 aromatic heterocycles. The Balaban J connectivity index is 2.20. The van der Waals surface area contributed by atoms with Crippen molar-refractivity contribution in [3.8, 4) is 0 Å². The Kier molecular flexibility index (Phi) is 5.04. The van der Waals surface area contributed by atoms with Gasteiger partial charge in [0, 0.05) is 6.20 Å². The molecule has 0 aliphatic rings. The van der Waals surface area contributed by atoms with E-state index in [1.807, 2.05) is 4.83 Å². The summed E-state index contributed by atoms with van der Waals surface area (Å²) in [5.41, 5.74) is 1.10. The maximum atomic E-state index is 12.5. The van der Waals surface area contributed by atoms with Crippen LogP contribution in [0.3, 0.4) is 0 Å². The van der Waals surface area contributed by atoms with Crippen molar-refractivity contribution in [3.63, 3.8) is 0 Å². The van der Waals surface area contributed by atoms with Crippen molar-refractivity contribution in [2.45, 2.75) is 11.1 Å². The van der Waals surface area contributed by atoms with Gasteiger partial charge >= 0.3 is 6.18 Å². The Morgan fingerprint density at radius 2 is 1.74 bits per heavy atom. The summed E-state index contributed by atoms with van der Waals surface area (Å²) in [7, 11) is -4.06. The molecule has 0 unspecified atom stereocenters. The second-order valence-corrected chi connectivity index (χ2v) is 6.68. The molecule has 0 fully saturated rings. The van der Waals surface area contributed by atoms with Gasteiger partial charge in [-0.1, -0.05) is 35.3 Å². The fraction of sp³-hybridized carbons (Fsp3) is 0.0833. The fourth-order valence-corrected chi connectivity index (χ4v) is 3.10. The van der Waals surface area contributed by atoms with Crippen LogP contribution in [0.2, 0.25) is 10.0 Å². The van der Waals surface area contributed by atoms with Crippen molar-refractivity contribution < 1.29 is 21.6 Å². The lowest BCUT2D eigenvalue weighted by molar-refractivity contribution is -0.137. The van der Waals surface area contributed by atoms with Gasteiger partial charge in [0.25, 0.3) is 10.0 Å². The number of hydrogen-bond acceptors (Lipinski definition) is 4. The summed E-state index contributed by atoms with van der Waals surface area (Å²) in [5.74, 6) is -0.282. The minimum atomic E-state index is -4.60. The molecule has 5 nitrogen and oxygen atoms in total. The lowest BCUT2D eigenvalue weighted by Crippen LogP contribution is -2.30. The maximum absolute atomic E-state index is 12.5. The molecule has 23 heavy (non-hydrogen) atoms. The molecular formula is C12H8Cl2F3N3O2S. The fourth-order valence-electron chi connectivity index (χ4n) is 1.52. The normalized spacial score (nSPS) is 12.2. The highest BCUT2D eigenvalue weighted by molar-refractivity contribution is 7.89. The van der Waals surface area contributed by atoms with Crippen LogP contribution in [0.1, 0.15) is 5.56 Å². The van der Waals surface area contributed by atoms with E-state index >= 15 is 0 Å². The number of sulfonamides is 1. The van der Waals surface area contributed by atoms with Gasteiger partial charge in [-0.05, 0) is 18.2 Å². The number of nitrogens with zero attached hydrogens (tertiary/aromatic N) is 1. The maximum Gasteiger partial charge on any atom is 0.417 e. The molecule has 0 saturated heterocycles. The lowest BCUT2D eigenvalue weighted by Gasteiger charge is -2.12. The number of nitrogens with one attached hydrogen (secondary N) is 2. The third-order valence-electron chi connectivity index (χ3n) is 2.60. The number of alkyl halides is 3. The van der Waals surface area contributed by atoms with Gasteiger partial charge in [0.1, 0.15) is 4.90 Å². The number of hydrazine groups is 1. The Morgan fingerprint density at radius 1 is 1.09 bits per heavy atom. The van der Waals surface area contributed by atoms with E-state index in [0.717, 1.165) is 0 Å². The Morgan fingerprint density at radius 3 is 2.30 bits per heavy atom. The minimum absolute atomic E-state index is 0.0201. The quantitative estimate of drug-likeness (QED) is 0.786. The third kappa shape index (κ3) is 4.25. The molecule has 0 spiro atoms. The van der Waals surface area contributed by atoms with E-state index in [2.05, 4.69) is 10.4 Å². The second kappa shape index (κ2) is 6.52. The average Bonchev–Trinajstić information content (AvgIpc) is 2.45. The summed E-state index contributed by atoms with van der Waals surface area (Å²) in [6, 6.07) is 6.27. The van der Waals surface area contributed by atoms with Crippen molar-refractivity contribution in [3.05, 3.63) is 52.1 Å². The first-order valence-corrected chi connectivity index (χ1v) is 8.10. The minimum Gasteiger partial charge on any atom is -0.291 e. The predicted molar refractivity (Wildman–Crippen MR) is 79.6 cm³/mol. The molecule has 0 bridgehead atoms. The molecule has 11 heteroatoms.